The summed E-state index contributed by atoms with van der Waals surface area (Å²) >= 11 is 0. The Balaban J connectivity index is 0.000000372. The molecule has 35 heavy (non-hydrogen) atoms. The summed E-state index contributed by atoms with van der Waals surface area (Å²) < 4.78 is 47.2. The highest BCUT2D eigenvalue weighted by Gasteiger charge is 2.40. The van der Waals surface area contributed by atoms with E-state index in [1.807, 2.05) is 20.8 Å². The molecular weight excluding hydrogens is 449 g/mol. The number of halogens is 3. The summed E-state index contributed by atoms with van der Waals surface area (Å²) in [5, 5.41) is 0. The molecule has 1 spiro atoms. The second-order valence-corrected chi connectivity index (χ2v) is 9.47. The van der Waals surface area contributed by atoms with Crippen LogP contribution in [0.3, 0.4) is 0 Å². The van der Waals surface area contributed by atoms with Crippen LogP contribution >= 0.6 is 0 Å². The van der Waals surface area contributed by atoms with Crippen LogP contribution < -0.4 is 0 Å². The Labute approximate surface area is 212 Å². The summed E-state index contributed by atoms with van der Waals surface area (Å²) in [5.74, 6) is 1.13. The fraction of sp³-hybridized carbons (Fsp3) is 0.667. The minimum atomic E-state index is -4.10. The van der Waals surface area contributed by atoms with Crippen LogP contribution in [0.25, 0.3) is 0 Å². The van der Waals surface area contributed by atoms with Crippen LogP contribution in [0.5, 0.6) is 0 Å². The third kappa shape index (κ3) is 11.3. The number of ether oxygens (including phenoxy) is 2. The third-order valence-electron chi connectivity index (χ3n) is 6.78. The monoisotopic (exact) mass is 496 g/mol. The van der Waals surface area contributed by atoms with Crippen molar-refractivity contribution in [1.82, 2.24) is 0 Å². The Morgan fingerprint density at radius 2 is 1.60 bits per heavy atom. The van der Waals surface area contributed by atoms with E-state index in [-0.39, 0.29) is 5.79 Å². The maximum atomic E-state index is 11.8. The first-order valence-electron chi connectivity index (χ1n) is 13.4. The Morgan fingerprint density at radius 3 is 2.06 bits per heavy atom. The predicted molar refractivity (Wildman–Crippen MR) is 140 cm³/mol. The van der Waals surface area contributed by atoms with Gasteiger partial charge in [-0.05, 0) is 62.5 Å². The molecule has 5 heteroatoms. The SMILES string of the molecule is CC.CC/C=C(\C=C(\C)C(C)CC)C1CCC2(CC1)OCCO2.Cc1ccc(CC(F)(F)F)cc1. The number of alkyl halides is 3. The van der Waals surface area contributed by atoms with Gasteiger partial charge in [0.2, 0.25) is 0 Å². The smallest absolute Gasteiger partial charge is 0.348 e. The van der Waals surface area contributed by atoms with Crippen LogP contribution in [0.2, 0.25) is 0 Å². The fourth-order valence-corrected chi connectivity index (χ4v) is 4.42. The van der Waals surface area contributed by atoms with Gasteiger partial charge in [-0.2, -0.15) is 13.2 Å². The van der Waals surface area contributed by atoms with Crippen LogP contribution in [0, 0.1) is 18.8 Å². The molecule has 3 rings (SSSR count). The third-order valence-corrected chi connectivity index (χ3v) is 6.78. The standard InChI is InChI=1S/C19H32O2.C9H9F3.C2H6/c1-5-7-18(14-16(4)15(3)6-2)17-8-10-19(11-9-17)20-12-13-21-19;1-7-2-4-8(5-3-7)6-9(10,11)12;1-2/h7,14-15,17H,5-6,8-13H2,1-4H3;2-5H,6H2,1H3;1-2H3/b16-14-,18-7+;;. The van der Waals surface area contributed by atoms with Gasteiger partial charge in [0.25, 0.3) is 0 Å². The Bertz CT molecular complexity index is 762. The Morgan fingerprint density at radius 1 is 1.06 bits per heavy atom. The Hall–Kier alpha value is -1.59. The first kappa shape index (κ1) is 31.4. The second-order valence-electron chi connectivity index (χ2n) is 9.47. The molecule has 0 aromatic heterocycles. The summed E-state index contributed by atoms with van der Waals surface area (Å²) in [5.41, 5.74) is 4.35. The number of rotatable bonds is 6. The van der Waals surface area contributed by atoms with Crippen LogP contribution in [-0.4, -0.2) is 25.2 Å². The van der Waals surface area contributed by atoms with Gasteiger partial charge in [-0.1, -0.05) is 82.2 Å². The number of hydrogen-bond acceptors (Lipinski definition) is 2. The predicted octanol–water partition coefficient (Wildman–Crippen LogP) is 9.37. The van der Waals surface area contributed by atoms with E-state index >= 15 is 0 Å². The van der Waals surface area contributed by atoms with Gasteiger partial charge >= 0.3 is 6.18 Å². The minimum Gasteiger partial charge on any atom is -0.348 e. The molecule has 0 bridgehead atoms. The summed E-state index contributed by atoms with van der Waals surface area (Å²) in [6, 6.07) is 6.37. The molecule has 1 aliphatic heterocycles. The highest BCUT2D eigenvalue weighted by molar-refractivity contribution is 5.27. The molecule has 0 N–H and O–H groups in total. The van der Waals surface area contributed by atoms with Gasteiger partial charge in [0.1, 0.15) is 0 Å². The van der Waals surface area contributed by atoms with E-state index in [2.05, 4.69) is 39.8 Å². The number of allylic oxidation sites excluding steroid dienone is 4. The lowest BCUT2D eigenvalue weighted by Crippen LogP contribution is -2.35. The van der Waals surface area contributed by atoms with Gasteiger partial charge in [0, 0.05) is 12.8 Å². The summed E-state index contributed by atoms with van der Waals surface area (Å²) in [7, 11) is 0. The average Bonchev–Trinajstić information content (AvgIpc) is 3.29. The highest BCUT2D eigenvalue weighted by atomic mass is 19.4. The van der Waals surface area contributed by atoms with Gasteiger partial charge in [-0.15, -0.1) is 0 Å². The van der Waals surface area contributed by atoms with Crippen molar-refractivity contribution < 1.29 is 22.6 Å². The zero-order chi connectivity index (χ0) is 26.5. The molecule has 1 aromatic carbocycles. The summed E-state index contributed by atoms with van der Waals surface area (Å²) in [4.78, 5) is 0. The summed E-state index contributed by atoms with van der Waals surface area (Å²) in [6.07, 6.45) is 6.76. The van der Waals surface area contributed by atoms with Crippen LogP contribution in [-0.2, 0) is 15.9 Å². The molecular formula is C30H47F3O2. The number of aryl methyl sites for hydroxylation is 1. The van der Waals surface area contributed by atoms with Crippen molar-refractivity contribution >= 4 is 0 Å². The van der Waals surface area contributed by atoms with E-state index in [0.717, 1.165) is 38.0 Å². The van der Waals surface area contributed by atoms with Gasteiger partial charge in [-0.3, -0.25) is 0 Å². The molecule has 1 aromatic rings. The van der Waals surface area contributed by atoms with E-state index in [1.165, 1.54) is 37.0 Å². The lowest BCUT2D eigenvalue weighted by Gasteiger charge is -2.36. The lowest BCUT2D eigenvalue weighted by atomic mass is 9.79. The molecule has 1 unspecified atom stereocenters. The van der Waals surface area contributed by atoms with Gasteiger partial charge in [-0.25, -0.2) is 0 Å². The second kappa shape index (κ2) is 15.5. The number of benzene rings is 1. The average molecular weight is 497 g/mol. The molecule has 2 nitrogen and oxygen atoms in total. The van der Waals surface area contributed by atoms with Crippen LogP contribution in [0.4, 0.5) is 13.2 Å². The largest absolute Gasteiger partial charge is 0.393 e. The Kier molecular flexibility index (Phi) is 13.9. The maximum absolute atomic E-state index is 11.8. The summed E-state index contributed by atoms with van der Waals surface area (Å²) in [6.45, 7) is 16.5. The van der Waals surface area contributed by atoms with E-state index in [9.17, 15) is 13.2 Å². The topological polar surface area (TPSA) is 18.5 Å². The molecule has 1 aliphatic carbocycles. The first-order chi connectivity index (χ1) is 16.6. The molecule has 1 atom stereocenters. The van der Waals surface area contributed by atoms with Crippen molar-refractivity contribution in [2.75, 3.05) is 13.2 Å². The van der Waals surface area contributed by atoms with E-state index in [4.69, 9.17) is 9.47 Å². The van der Waals surface area contributed by atoms with Crippen molar-refractivity contribution in [3.8, 4) is 0 Å². The minimum absolute atomic E-state index is 0.233. The highest BCUT2D eigenvalue weighted by Crippen LogP contribution is 2.41. The zero-order valence-corrected chi connectivity index (χ0v) is 22.9. The van der Waals surface area contributed by atoms with Crippen molar-refractivity contribution in [2.24, 2.45) is 11.8 Å². The van der Waals surface area contributed by atoms with E-state index < -0.39 is 12.6 Å². The van der Waals surface area contributed by atoms with Crippen molar-refractivity contribution in [2.45, 2.75) is 105 Å². The van der Waals surface area contributed by atoms with Gasteiger partial charge < -0.3 is 9.47 Å². The van der Waals surface area contributed by atoms with Crippen LogP contribution in [0.15, 0.2) is 47.6 Å². The van der Waals surface area contributed by atoms with Gasteiger partial charge in [0.05, 0.1) is 19.6 Å². The van der Waals surface area contributed by atoms with E-state index in [0.29, 0.717) is 17.4 Å². The molecule has 0 amide bonds. The zero-order valence-electron chi connectivity index (χ0n) is 22.9. The fourth-order valence-electron chi connectivity index (χ4n) is 4.42. The molecule has 0 radical (unpaired) electrons. The van der Waals surface area contributed by atoms with E-state index in [1.54, 1.807) is 17.7 Å². The lowest BCUT2D eigenvalue weighted by molar-refractivity contribution is -0.180. The molecule has 2 fully saturated rings. The molecule has 1 heterocycles. The maximum Gasteiger partial charge on any atom is 0.393 e. The van der Waals surface area contributed by atoms with Crippen LogP contribution in [0.1, 0.15) is 91.2 Å². The normalized spacial score (nSPS) is 19.5. The van der Waals surface area contributed by atoms with Crippen molar-refractivity contribution in [3.05, 3.63) is 58.7 Å². The molecule has 1 saturated heterocycles. The quantitative estimate of drug-likeness (QED) is 0.365. The molecule has 2 aliphatic rings. The van der Waals surface area contributed by atoms with Crippen molar-refractivity contribution in [3.63, 3.8) is 0 Å². The first-order valence-corrected chi connectivity index (χ1v) is 13.4. The van der Waals surface area contributed by atoms with Gasteiger partial charge in [0.15, 0.2) is 5.79 Å². The number of hydrogen-bond donors (Lipinski definition) is 0. The molecule has 200 valence electrons. The van der Waals surface area contributed by atoms with Crippen molar-refractivity contribution in [1.29, 1.82) is 0 Å². The molecule has 1 saturated carbocycles.